The molecule has 2 heterocycles. The van der Waals surface area contributed by atoms with E-state index in [0.717, 1.165) is 29.8 Å². The number of para-hydroxylation sites is 2. The Morgan fingerprint density at radius 1 is 1.25 bits per heavy atom. The standard InChI is InChI=1S/C12H13N3O/c16-9-5-6-15(8-9)12-7-13-10-3-1-2-4-11(10)14-12/h1-4,7,9,16H,5-6,8H2/t9-/m0/s1. The third-order valence-corrected chi connectivity index (χ3v) is 2.92. The molecule has 0 saturated carbocycles. The van der Waals surface area contributed by atoms with Crippen LogP contribution in [0.2, 0.25) is 0 Å². The Hall–Kier alpha value is -1.68. The third-order valence-electron chi connectivity index (χ3n) is 2.92. The average Bonchev–Trinajstić information content (AvgIpc) is 2.75. The summed E-state index contributed by atoms with van der Waals surface area (Å²) in [6, 6.07) is 7.82. The molecule has 4 nitrogen and oxygen atoms in total. The number of aliphatic hydroxyl groups is 1. The first-order valence-corrected chi connectivity index (χ1v) is 5.48. The van der Waals surface area contributed by atoms with E-state index < -0.39 is 0 Å². The molecule has 0 aliphatic carbocycles. The Bertz CT molecular complexity index is 514. The zero-order valence-electron chi connectivity index (χ0n) is 8.87. The van der Waals surface area contributed by atoms with Gasteiger partial charge in [-0.2, -0.15) is 0 Å². The summed E-state index contributed by atoms with van der Waals surface area (Å²) in [5.74, 6) is 0.857. The van der Waals surface area contributed by atoms with E-state index in [-0.39, 0.29) is 6.10 Å². The number of β-amino-alcohol motifs (C(OH)–C–C–N with tert-alkyl or cyclic N) is 1. The van der Waals surface area contributed by atoms with Gasteiger partial charge in [-0.05, 0) is 18.6 Å². The molecule has 3 rings (SSSR count). The summed E-state index contributed by atoms with van der Waals surface area (Å²) >= 11 is 0. The van der Waals surface area contributed by atoms with Crippen LogP contribution in [0.1, 0.15) is 6.42 Å². The summed E-state index contributed by atoms with van der Waals surface area (Å²) in [5, 5.41) is 9.48. The molecule has 1 aromatic carbocycles. The average molecular weight is 215 g/mol. The molecule has 1 aliphatic heterocycles. The molecule has 1 fully saturated rings. The number of aliphatic hydroxyl groups excluding tert-OH is 1. The van der Waals surface area contributed by atoms with Crippen LogP contribution in [0, 0.1) is 0 Å². The summed E-state index contributed by atoms with van der Waals surface area (Å²) in [6.45, 7) is 1.52. The number of hydrogen-bond acceptors (Lipinski definition) is 4. The van der Waals surface area contributed by atoms with Crippen molar-refractivity contribution in [3.63, 3.8) is 0 Å². The maximum Gasteiger partial charge on any atom is 0.147 e. The fraction of sp³-hybridized carbons (Fsp3) is 0.333. The van der Waals surface area contributed by atoms with Crippen LogP contribution in [0.15, 0.2) is 30.5 Å². The maximum atomic E-state index is 9.48. The van der Waals surface area contributed by atoms with Crippen molar-refractivity contribution in [3.8, 4) is 0 Å². The number of nitrogens with zero attached hydrogens (tertiary/aromatic N) is 3. The van der Waals surface area contributed by atoms with Crippen molar-refractivity contribution >= 4 is 16.9 Å². The summed E-state index contributed by atoms with van der Waals surface area (Å²) in [7, 11) is 0. The Labute approximate surface area is 93.6 Å². The Kier molecular flexibility index (Phi) is 2.22. The van der Waals surface area contributed by atoms with E-state index >= 15 is 0 Å². The summed E-state index contributed by atoms with van der Waals surface area (Å²) in [6.07, 6.45) is 2.36. The number of anilines is 1. The van der Waals surface area contributed by atoms with Crippen LogP contribution in [0.5, 0.6) is 0 Å². The van der Waals surface area contributed by atoms with Crippen molar-refractivity contribution in [3.05, 3.63) is 30.5 Å². The van der Waals surface area contributed by atoms with Gasteiger partial charge in [0.15, 0.2) is 0 Å². The lowest BCUT2D eigenvalue weighted by molar-refractivity contribution is 0.198. The van der Waals surface area contributed by atoms with Crippen molar-refractivity contribution < 1.29 is 5.11 Å². The lowest BCUT2D eigenvalue weighted by atomic mass is 10.3. The minimum absolute atomic E-state index is 0.228. The van der Waals surface area contributed by atoms with Crippen LogP contribution in [-0.4, -0.2) is 34.3 Å². The molecule has 1 N–H and O–H groups in total. The number of fused-ring (bicyclic) bond motifs is 1. The quantitative estimate of drug-likeness (QED) is 0.776. The molecule has 1 saturated heterocycles. The third kappa shape index (κ3) is 1.61. The first-order valence-electron chi connectivity index (χ1n) is 5.48. The minimum atomic E-state index is -0.228. The van der Waals surface area contributed by atoms with E-state index in [0.29, 0.717) is 6.54 Å². The molecule has 0 bridgehead atoms. The summed E-state index contributed by atoms with van der Waals surface area (Å²) in [4.78, 5) is 11.0. The highest BCUT2D eigenvalue weighted by atomic mass is 16.3. The molecule has 1 atom stereocenters. The Morgan fingerprint density at radius 2 is 2.06 bits per heavy atom. The topological polar surface area (TPSA) is 49.2 Å². The van der Waals surface area contributed by atoms with Gasteiger partial charge in [-0.25, -0.2) is 4.98 Å². The smallest absolute Gasteiger partial charge is 0.147 e. The number of aromatic nitrogens is 2. The lowest BCUT2D eigenvalue weighted by Gasteiger charge is -2.16. The monoisotopic (exact) mass is 215 g/mol. The number of hydrogen-bond donors (Lipinski definition) is 1. The molecule has 0 radical (unpaired) electrons. The second-order valence-electron chi connectivity index (χ2n) is 4.11. The van der Waals surface area contributed by atoms with E-state index in [2.05, 4.69) is 14.9 Å². The van der Waals surface area contributed by atoms with Gasteiger partial charge in [0.1, 0.15) is 5.82 Å². The summed E-state index contributed by atoms with van der Waals surface area (Å²) in [5.41, 5.74) is 1.81. The van der Waals surface area contributed by atoms with Gasteiger partial charge in [0, 0.05) is 13.1 Å². The van der Waals surface area contributed by atoms with Gasteiger partial charge in [-0.3, -0.25) is 4.98 Å². The minimum Gasteiger partial charge on any atom is -0.391 e. The molecule has 2 aromatic rings. The van der Waals surface area contributed by atoms with Crippen LogP contribution >= 0.6 is 0 Å². The largest absolute Gasteiger partial charge is 0.391 e. The predicted molar refractivity (Wildman–Crippen MR) is 62.4 cm³/mol. The SMILES string of the molecule is O[C@H]1CCN(c2cnc3ccccc3n2)C1. The van der Waals surface area contributed by atoms with E-state index in [1.165, 1.54) is 0 Å². The molecule has 0 amide bonds. The molecule has 1 aromatic heterocycles. The van der Waals surface area contributed by atoms with E-state index in [9.17, 15) is 5.11 Å². The zero-order chi connectivity index (χ0) is 11.0. The van der Waals surface area contributed by atoms with Gasteiger partial charge in [0.05, 0.1) is 23.3 Å². The van der Waals surface area contributed by atoms with Crippen LogP contribution in [-0.2, 0) is 0 Å². The molecule has 0 spiro atoms. The second kappa shape index (κ2) is 3.72. The number of rotatable bonds is 1. The second-order valence-corrected chi connectivity index (χ2v) is 4.11. The fourth-order valence-electron chi connectivity index (χ4n) is 2.05. The van der Waals surface area contributed by atoms with Gasteiger partial charge in [0.25, 0.3) is 0 Å². The lowest BCUT2D eigenvalue weighted by Crippen LogP contribution is -2.22. The fourth-order valence-corrected chi connectivity index (χ4v) is 2.05. The van der Waals surface area contributed by atoms with Crippen molar-refractivity contribution in [1.29, 1.82) is 0 Å². The maximum absolute atomic E-state index is 9.48. The summed E-state index contributed by atoms with van der Waals surface area (Å²) < 4.78 is 0. The Morgan fingerprint density at radius 3 is 2.81 bits per heavy atom. The molecule has 16 heavy (non-hydrogen) atoms. The molecule has 4 heteroatoms. The highest BCUT2D eigenvalue weighted by Gasteiger charge is 2.21. The molecule has 1 aliphatic rings. The molecular formula is C12H13N3O. The highest BCUT2D eigenvalue weighted by molar-refractivity contribution is 5.75. The number of benzene rings is 1. The van der Waals surface area contributed by atoms with E-state index in [4.69, 9.17) is 0 Å². The first kappa shape index (κ1) is 9.54. The molecular weight excluding hydrogens is 202 g/mol. The molecule has 82 valence electrons. The van der Waals surface area contributed by atoms with E-state index in [1.807, 2.05) is 24.3 Å². The van der Waals surface area contributed by atoms with Crippen LogP contribution in [0.3, 0.4) is 0 Å². The predicted octanol–water partition coefficient (Wildman–Crippen LogP) is 1.20. The Balaban J connectivity index is 1.99. The van der Waals surface area contributed by atoms with Crippen LogP contribution in [0.25, 0.3) is 11.0 Å². The van der Waals surface area contributed by atoms with Crippen molar-refractivity contribution in [2.45, 2.75) is 12.5 Å². The van der Waals surface area contributed by atoms with Crippen LogP contribution in [0.4, 0.5) is 5.82 Å². The zero-order valence-corrected chi connectivity index (χ0v) is 8.87. The first-order chi connectivity index (χ1) is 7.83. The molecule has 0 unspecified atom stereocenters. The van der Waals surface area contributed by atoms with Crippen LogP contribution < -0.4 is 4.90 Å². The van der Waals surface area contributed by atoms with Gasteiger partial charge in [-0.1, -0.05) is 12.1 Å². The van der Waals surface area contributed by atoms with Crippen molar-refractivity contribution in [2.75, 3.05) is 18.0 Å². The van der Waals surface area contributed by atoms with E-state index in [1.54, 1.807) is 6.20 Å². The van der Waals surface area contributed by atoms with Gasteiger partial charge in [0.2, 0.25) is 0 Å². The highest BCUT2D eigenvalue weighted by Crippen LogP contribution is 2.19. The van der Waals surface area contributed by atoms with Gasteiger partial charge in [-0.15, -0.1) is 0 Å². The normalized spacial score (nSPS) is 20.6. The van der Waals surface area contributed by atoms with Gasteiger partial charge >= 0.3 is 0 Å². The van der Waals surface area contributed by atoms with Crippen molar-refractivity contribution in [1.82, 2.24) is 9.97 Å². The van der Waals surface area contributed by atoms with Gasteiger partial charge < -0.3 is 10.0 Å². The van der Waals surface area contributed by atoms with Crippen molar-refractivity contribution in [2.24, 2.45) is 0 Å².